The second-order valence-corrected chi connectivity index (χ2v) is 5.94. The highest BCUT2D eigenvalue weighted by Gasteiger charge is 2.34. The van der Waals surface area contributed by atoms with E-state index in [1.165, 1.54) is 0 Å². The van der Waals surface area contributed by atoms with Crippen molar-refractivity contribution in [2.45, 2.75) is 31.6 Å². The molecule has 1 amide bonds. The van der Waals surface area contributed by atoms with Crippen LogP contribution < -0.4 is 5.32 Å². The van der Waals surface area contributed by atoms with Gasteiger partial charge in [0, 0.05) is 34.5 Å². The first-order chi connectivity index (χ1) is 9.15. The molecule has 0 saturated carbocycles. The maximum absolute atomic E-state index is 12.2. The van der Waals surface area contributed by atoms with Gasteiger partial charge in [0.15, 0.2) is 5.78 Å². The van der Waals surface area contributed by atoms with Gasteiger partial charge < -0.3 is 5.32 Å². The minimum atomic E-state index is -0.0790. The SMILES string of the molecule is O=C1CC(c2ccc(Br)cc2)C2=C(CCCC2=O)N1. The number of amides is 1. The van der Waals surface area contributed by atoms with Crippen molar-refractivity contribution in [3.8, 4) is 0 Å². The molecule has 3 nitrogen and oxygen atoms in total. The fourth-order valence-electron chi connectivity index (χ4n) is 2.88. The number of ketones is 1. The number of rotatable bonds is 1. The number of carbonyl (C=O) groups is 2. The number of allylic oxidation sites excluding steroid dienone is 2. The molecule has 1 aromatic carbocycles. The lowest BCUT2D eigenvalue weighted by atomic mass is 9.78. The summed E-state index contributed by atoms with van der Waals surface area (Å²) in [7, 11) is 0. The van der Waals surface area contributed by atoms with Crippen LogP contribution in [-0.2, 0) is 9.59 Å². The van der Waals surface area contributed by atoms with E-state index < -0.39 is 0 Å². The minimum absolute atomic E-state index is 0.0152. The standard InChI is InChI=1S/C15H14BrNO2/c16-10-6-4-9(5-7-10)11-8-14(19)17-12-2-1-3-13(18)15(11)12/h4-7,11H,1-3,8H2,(H,17,19). The van der Waals surface area contributed by atoms with Crippen LogP contribution in [0.15, 0.2) is 40.0 Å². The van der Waals surface area contributed by atoms with Gasteiger partial charge in [0.2, 0.25) is 5.91 Å². The molecule has 19 heavy (non-hydrogen) atoms. The third kappa shape index (κ3) is 2.37. The third-order valence-electron chi connectivity index (χ3n) is 3.76. The summed E-state index contributed by atoms with van der Waals surface area (Å²) in [6.45, 7) is 0. The van der Waals surface area contributed by atoms with Crippen LogP contribution in [0.4, 0.5) is 0 Å². The molecule has 1 aliphatic carbocycles. The molecule has 0 spiro atoms. The van der Waals surface area contributed by atoms with Crippen molar-refractivity contribution in [3.05, 3.63) is 45.6 Å². The maximum Gasteiger partial charge on any atom is 0.225 e. The summed E-state index contributed by atoms with van der Waals surface area (Å²) in [4.78, 5) is 24.0. The average Bonchev–Trinajstić information content (AvgIpc) is 2.38. The van der Waals surface area contributed by atoms with Crippen LogP contribution in [0.1, 0.15) is 37.2 Å². The summed E-state index contributed by atoms with van der Waals surface area (Å²) >= 11 is 3.40. The molecule has 0 aromatic heterocycles. The average molecular weight is 320 g/mol. The number of halogens is 1. The van der Waals surface area contributed by atoms with Crippen molar-refractivity contribution < 1.29 is 9.59 Å². The van der Waals surface area contributed by atoms with Gasteiger partial charge in [-0.3, -0.25) is 9.59 Å². The van der Waals surface area contributed by atoms with E-state index in [0.717, 1.165) is 34.1 Å². The Morgan fingerprint density at radius 1 is 1.11 bits per heavy atom. The zero-order valence-corrected chi connectivity index (χ0v) is 12.0. The van der Waals surface area contributed by atoms with E-state index in [0.29, 0.717) is 12.8 Å². The Balaban J connectivity index is 2.05. The van der Waals surface area contributed by atoms with Crippen molar-refractivity contribution in [1.82, 2.24) is 5.32 Å². The van der Waals surface area contributed by atoms with Crippen LogP contribution in [0.3, 0.4) is 0 Å². The van der Waals surface area contributed by atoms with Gasteiger partial charge >= 0.3 is 0 Å². The Kier molecular flexibility index (Phi) is 3.27. The number of carbonyl (C=O) groups excluding carboxylic acids is 2. The molecule has 1 aromatic rings. The van der Waals surface area contributed by atoms with E-state index in [4.69, 9.17) is 0 Å². The monoisotopic (exact) mass is 319 g/mol. The lowest BCUT2D eigenvalue weighted by molar-refractivity contribution is -0.122. The highest BCUT2D eigenvalue weighted by atomic mass is 79.9. The number of hydrogen-bond donors (Lipinski definition) is 1. The number of benzene rings is 1. The van der Waals surface area contributed by atoms with Gasteiger partial charge in [-0.1, -0.05) is 28.1 Å². The van der Waals surface area contributed by atoms with Gasteiger partial charge in [-0.05, 0) is 30.5 Å². The van der Waals surface area contributed by atoms with Gasteiger partial charge in [0.1, 0.15) is 0 Å². The highest BCUT2D eigenvalue weighted by molar-refractivity contribution is 9.10. The van der Waals surface area contributed by atoms with Crippen LogP contribution in [0.2, 0.25) is 0 Å². The van der Waals surface area contributed by atoms with E-state index in [1.54, 1.807) is 0 Å². The summed E-state index contributed by atoms with van der Waals surface area (Å²) in [5, 5.41) is 2.87. The van der Waals surface area contributed by atoms with Gasteiger partial charge in [-0.2, -0.15) is 0 Å². The quantitative estimate of drug-likeness (QED) is 0.864. The first-order valence-corrected chi connectivity index (χ1v) is 7.26. The Morgan fingerprint density at radius 3 is 2.58 bits per heavy atom. The van der Waals surface area contributed by atoms with E-state index in [-0.39, 0.29) is 17.6 Å². The summed E-state index contributed by atoms with van der Waals surface area (Å²) in [5.41, 5.74) is 2.72. The largest absolute Gasteiger partial charge is 0.329 e. The first-order valence-electron chi connectivity index (χ1n) is 6.46. The van der Waals surface area contributed by atoms with Crippen LogP contribution in [0.25, 0.3) is 0 Å². The Hall–Kier alpha value is -1.42. The van der Waals surface area contributed by atoms with E-state index in [1.807, 2.05) is 24.3 Å². The smallest absolute Gasteiger partial charge is 0.225 e. The molecule has 0 fully saturated rings. The maximum atomic E-state index is 12.2. The Morgan fingerprint density at radius 2 is 1.84 bits per heavy atom. The van der Waals surface area contributed by atoms with Crippen LogP contribution in [0.5, 0.6) is 0 Å². The molecule has 0 saturated heterocycles. The summed E-state index contributed by atoms with van der Waals surface area (Å²) < 4.78 is 1.00. The van der Waals surface area contributed by atoms with Gasteiger partial charge in [-0.15, -0.1) is 0 Å². The molecule has 2 aliphatic rings. The molecule has 0 bridgehead atoms. The molecule has 1 N–H and O–H groups in total. The Labute approximate surface area is 120 Å². The lowest BCUT2D eigenvalue weighted by Gasteiger charge is -2.31. The molecule has 1 atom stereocenters. The molecular formula is C15H14BrNO2. The fourth-order valence-corrected chi connectivity index (χ4v) is 3.15. The van der Waals surface area contributed by atoms with Crippen LogP contribution in [0, 0.1) is 0 Å². The predicted molar refractivity (Wildman–Crippen MR) is 75.5 cm³/mol. The number of nitrogens with one attached hydrogen (secondary N) is 1. The first kappa shape index (κ1) is 12.6. The second kappa shape index (κ2) is 4.93. The number of hydrogen-bond acceptors (Lipinski definition) is 2. The highest BCUT2D eigenvalue weighted by Crippen LogP contribution is 2.38. The van der Waals surface area contributed by atoms with Crippen molar-refractivity contribution >= 4 is 27.6 Å². The van der Waals surface area contributed by atoms with E-state index in [2.05, 4.69) is 21.2 Å². The van der Waals surface area contributed by atoms with Gasteiger partial charge in [-0.25, -0.2) is 0 Å². The molecule has 1 aliphatic heterocycles. The van der Waals surface area contributed by atoms with Crippen molar-refractivity contribution in [2.24, 2.45) is 0 Å². The second-order valence-electron chi connectivity index (χ2n) is 5.03. The summed E-state index contributed by atoms with van der Waals surface area (Å²) in [5.74, 6) is 0.125. The van der Waals surface area contributed by atoms with E-state index >= 15 is 0 Å². The fraction of sp³-hybridized carbons (Fsp3) is 0.333. The van der Waals surface area contributed by atoms with Crippen LogP contribution >= 0.6 is 15.9 Å². The van der Waals surface area contributed by atoms with Crippen molar-refractivity contribution in [2.75, 3.05) is 0 Å². The molecular weight excluding hydrogens is 306 g/mol. The molecule has 1 heterocycles. The lowest BCUT2D eigenvalue weighted by Crippen LogP contribution is -2.36. The molecule has 98 valence electrons. The van der Waals surface area contributed by atoms with Gasteiger partial charge in [0.25, 0.3) is 0 Å². The zero-order chi connectivity index (χ0) is 13.4. The molecule has 4 heteroatoms. The van der Waals surface area contributed by atoms with Crippen molar-refractivity contribution in [3.63, 3.8) is 0 Å². The third-order valence-corrected chi connectivity index (χ3v) is 4.29. The predicted octanol–water partition coefficient (Wildman–Crippen LogP) is 3.06. The molecule has 1 unspecified atom stereocenters. The van der Waals surface area contributed by atoms with Crippen molar-refractivity contribution in [1.29, 1.82) is 0 Å². The number of Topliss-reactive ketones (excluding diaryl/α,β-unsaturated/α-hetero) is 1. The zero-order valence-electron chi connectivity index (χ0n) is 10.4. The normalized spacial score (nSPS) is 23.1. The topological polar surface area (TPSA) is 46.2 Å². The summed E-state index contributed by atoms with van der Waals surface area (Å²) in [6.07, 6.45) is 2.61. The summed E-state index contributed by atoms with van der Waals surface area (Å²) in [6, 6.07) is 7.88. The van der Waals surface area contributed by atoms with Crippen LogP contribution in [-0.4, -0.2) is 11.7 Å². The van der Waals surface area contributed by atoms with E-state index in [9.17, 15) is 9.59 Å². The Bertz CT molecular complexity index is 574. The molecule has 0 radical (unpaired) electrons. The van der Waals surface area contributed by atoms with Gasteiger partial charge in [0.05, 0.1) is 0 Å². The minimum Gasteiger partial charge on any atom is -0.329 e. The molecule has 3 rings (SSSR count).